The van der Waals surface area contributed by atoms with Crippen molar-refractivity contribution >= 4 is 35.6 Å². The fraction of sp³-hybridized carbons (Fsp3) is 0.667. The largest absolute Gasteiger partial charge is 0.433 e. The monoisotopic (exact) mass is 538 g/mol. The van der Waals surface area contributed by atoms with Gasteiger partial charge in [0.25, 0.3) is 0 Å². The minimum Gasteiger partial charge on any atom is -0.433 e. The zero-order valence-electron chi connectivity index (χ0n) is 17.5. The molecule has 0 amide bonds. The quantitative estimate of drug-likeness (QED) is 0.216. The number of guanidine groups is 1. The van der Waals surface area contributed by atoms with E-state index in [0.29, 0.717) is 18.3 Å². The van der Waals surface area contributed by atoms with Gasteiger partial charge < -0.3 is 25.0 Å². The molecule has 2 aliphatic rings. The van der Waals surface area contributed by atoms with E-state index >= 15 is 0 Å². The van der Waals surface area contributed by atoms with E-state index in [1.54, 1.807) is 19.2 Å². The molecule has 30 heavy (non-hydrogen) atoms. The third-order valence-electron chi connectivity index (χ3n) is 5.44. The molecule has 1 unspecified atom stereocenters. The van der Waals surface area contributed by atoms with Crippen molar-refractivity contribution in [2.75, 3.05) is 38.2 Å². The lowest BCUT2D eigenvalue weighted by molar-refractivity contribution is -0.0495. The Morgan fingerprint density at radius 3 is 2.73 bits per heavy atom. The van der Waals surface area contributed by atoms with Crippen LogP contribution >= 0.6 is 24.0 Å². The first-order valence-corrected chi connectivity index (χ1v) is 10.5. The Kier molecular flexibility index (Phi) is 10.9. The standard InChI is InChI=1S/C21H32F2N4O2.HI/c1-24-21(25-12-6-14-28-17-7-2-3-8-17)26-16-11-13-27(15-16)18-9-4-5-10-19(18)29-20(22)23;/h4-5,9-10,16-17,20H,2-3,6-8,11-15H2,1H3,(H2,24,25,26);1H. The van der Waals surface area contributed by atoms with Crippen LogP contribution in [0.3, 0.4) is 0 Å². The Hall–Kier alpha value is -1.36. The van der Waals surface area contributed by atoms with Crippen LogP contribution in [0.1, 0.15) is 38.5 Å². The number of hydrogen-bond donors (Lipinski definition) is 2. The van der Waals surface area contributed by atoms with Crippen LogP contribution in [-0.2, 0) is 4.74 Å². The van der Waals surface area contributed by atoms with E-state index in [1.807, 2.05) is 12.1 Å². The summed E-state index contributed by atoms with van der Waals surface area (Å²) in [6.45, 7) is 0.219. The molecule has 1 saturated carbocycles. The van der Waals surface area contributed by atoms with Crippen molar-refractivity contribution < 1.29 is 18.3 Å². The summed E-state index contributed by atoms with van der Waals surface area (Å²) in [6.07, 6.45) is 7.25. The number of nitrogens with one attached hydrogen (secondary N) is 2. The number of aliphatic imine (C=N–C) groups is 1. The summed E-state index contributed by atoms with van der Waals surface area (Å²) in [4.78, 5) is 6.36. The maximum Gasteiger partial charge on any atom is 0.387 e. The molecule has 2 fully saturated rings. The first kappa shape index (κ1) is 24.9. The smallest absolute Gasteiger partial charge is 0.387 e. The third kappa shape index (κ3) is 7.72. The summed E-state index contributed by atoms with van der Waals surface area (Å²) in [7, 11) is 1.75. The minimum atomic E-state index is -2.83. The molecule has 6 nitrogen and oxygen atoms in total. The van der Waals surface area contributed by atoms with Crippen LogP contribution in [0.25, 0.3) is 0 Å². The molecule has 2 N–H and O–H groups in total. The Morgan fingerprint density at radius 2 is 2.00 bits per heavy atom. The number of alkyl halides is 2. The van der Waals surface area contributed by atoms with Gasteiger partial charge in [0.2, 0.25) is 0 Å². The lowest BCUT2D eigenvalue weighted by Crippen LogP contribution is -2.45. The van der Waals surface area contributed by atoms with E-state index in [1.165, 1.54) is 25.7 Å². The predicted molar refractivity (Wildman–Crippen MR) is 126 cm³/mol. The van der Waals surface area contributed by atoms with Crippen LogP contribution in [0, 0.1) is 0 Å². The summed E-state index contributed by atoms with van der Waals surface area (Å²) in [5, 5.41) is 6.76. The number of anilines is 1. The van der Waals surface area contributed by atoms with Crippen molar-refractivity contribution in [2.24, 2.45) is 4.99 Å². The summed E-state index contributed by atoms with van der Waals surface area (Å²) in [5.41, 5.74) is 0.698. The van der Waals surface area contributed by atoms with Crippen LogP contribution in [-0.4, -0.2) is 58.0 Å². The number of ether oxygens (including phenoxy) is 2. The number of rotatable bonds is 9. The second-order valence-corrected chi connectivity index (χ2v) is 7.55. The van der Waals surface area contributed by atoms with Crippen molar-refractivity contribution in [3.8, 4) is 5.75 Å². The maximum absolute atomic E-state index is 12.7. The molecule has 0 aromatic heterocycles. The van der Waals surface area contributed by atoms with Gasteiger partial charge in [0.15, 0.2) is 5.96 Å². The zero-order chi connectivity index (χ0) is 20.5. The van der Waals surface area contributed by atoms with Gasteiger partial charge in [0.05, 0.1) is 11.8 Å². The molecule has 1 heterocycles. The van der Waals surface area contributed by atoms with Crippen molar-refractivity contribution in [3.05, 3.63) is 24.3 Å². The highest BCUT2D eigenvalue weighted by Gasteiger charge is 2.26. The predicted octanol–water partition coefficient (Wildman–Crippen LogP) is 4.00. The Labute approximate surface area is 194 Å². The number of benzene rings is 1. The Bertz CT molecular complexity index is 660. The first-order chi connectivity index (χ1) is 14.2. The van der Waals surface area contributed by atoms with E-state index in [9.17, 15) is 8.78 Å². The van der Waals surface area contributed by atoms with Crippen molar-refractivity contribution in [3.63, 3.8) is 0 Å². The van der Waals surface area contributed by atoms with Gasteiger partial charge in [-0.05, 0) is 37.8 Å². The summed E-state index contributed by atoms with van der Waals surface area (Å²) in [6, 6.07) is 7.13. The van der Waals surface area contributed by atoms with Crippen molar-refractivity contribution in [2.45, 2.75) is 57.3 Å². The molecule has 1 aliphatic heterocycles. The maximum atomic E-state index is 12.7. The third-order valence-corrected chi connectivity index (χ3v) is 5.44. The van der Waals surface area contributed by atoms with Gasteiger partial charge in [-0.2, -0.15) is 8.78 Å². The lowest BCUT2D eigenvalue weighted by Gasteiger charge is -2.22. The molecular formula is C21H33F2IN4O2. The van der Waals surface area contributed by atoms with Crippen LogP contribution < -0.4 is 20.3 Å². The zero-order valence-corrected chi connectivity index (χ0v) is 19.8. The van der Waals surface area contributed by atoms with Crippen LogP contribution in [0.2, 0.25) is 0 Å². The van der Waals surface area contributed by atoms with Crippen LogP contribution in [0.5, 0.6) is 5.75 Å². The van der Waals surface area contributed by atoms with E-state index in [-0.39, 0.29) is 35.8 Å². The summed E-state index contributed by atoms with van der Waals surface area (Å²) in [5.74, 6) is 0.975. The lowest BCUT2D eigenvalue weighted by atomic mass is 10.2. The number of halogens is 3. The van der Waals surface area contributed by atoms with Crippen molar-refractivity contribution in [1.29, 1.82) is 0 Å². The highest BCUT2D eigenvalue weighted by Crippen LogP contribution is 2.31. The van der Waals surface area contributed by atoms with E-state index in [2.05, 4.69) is 25.3 Å². The summed E-state index contributed by atoms with van der Waals surface area (Å²) < 4.78 is 35.9. The van der Waals surface area contributed by atoms with Gasteiger partial charge in [-0.25, -0.2) is 0 Å². The van der Waals surface area contributed by atoms with Gasteiger partial charge in [-0.15, -0.1) is 24.0 Å². The van der Waals surface area contributed by atoms with Gasteiger partial charge in [0.1, 0.15) is 5.75 Å². The van der Waals surface area contributed by atoms with Crippen LogP contribution in [0.4, 0.5) is 14.5 Å². The molecule has 0 bridgehead atoms. The topological polar surface area (TPSA) is 58.1 Å². The molecular weight excluding hydrogens is 505 g/mol. The molecule has 1 aromatic rings. The van der Waals surface area contributed by atoms with E-state index in [0.717, 1.165) is 38.5 Å². The van der Waals surface area contributed by atoms with E-state index in [4.69, 9.17) is 4.74 Å². The fourth-order valence-corrected chi connectivity index (χ4v) is 3.98. The van der Waals surface area contributed by atoms with Gasteiger partial charge in [-0.3, -0.25) is 4.99 Å². The number of hydrogen-bond acceptors (Lipinski definition) is 4. The molecule has 0 radical (unpaired) electrons. The second-order valence-electron chi connectivity index (χ2n) is 7.55. The molecule has 9 heteroatoms. The molecule has 3 rings (SSSR count). The van der Waals surface area contributed by atoms with Crippen LogP contribution in [0.15, 0.2) is 29.3 Å². The molecule has 1 aliphatic carbocycles. The molecule has 170 valence electrons. The van der Waals surface area contributed by atoms with Gasteiger partial charge in [0, 0.05) is 39.3 Å². The van der Waals surface area contributed by atoms with Gasteiger partial charge >= 0.3 is 6.61 Å². The molecule has 1 aromatic carbocycles. The molecule has 0 spiro atoms. The molecule has 1 atom stereocenters. The average Bonchev–Trinajstić information content (AvgIpc) is 3.39. The fourth-order valence-electron chi connectivity index (χ4n) is 3.98. The second kappa shape index (κ2) is 13.1. The average molecular weight is 538 g/mol. The van der Waals surface area contributed by atoms with Crippen molar-refractivity contribution in [1.82, 2.24) is 10.6 Å². The first-order valence-electron chi connectivity index (χ1n) is 10.5. The highest BCUT2D eigenvalue weighted by molar-refractivity contribution is 14.0. The minimum absolute atomic E-state index is 0. The SMILES string of the molecule is CN=C(NCCCOC1CCCC1)NC1CCN(c2ccccc2OC(F)F)C1.I. The Morgan fingerprint density at radius 1 is 1.23 bits per heavy atom. The Balaban J connectivity index is 0.00000320. The highest BCUT2D eigenvalue weighted by atomic mass is 127. The summed E-state index contributed by atoms with van der Waals surface area (Å²) >= 11 is 0. The number of nitrogens with zero attached hydrogens (tertiary/aromatic N) is 2. The van der Waals surface area contributed by atoms with E-state index < -0.39 is 6.61 Å². The number of para-hydroxylation sites is 2. The van der Waals surface area contributed by atoms with Gasteiger partial charge in [-0.1, -0.05) is 25.0 Å². The normalized spacial score (nSPS) is 19.8. The molecule has 1 saturated heterocycles.